The minimum atomic E-state index is 0. The van der Waals surface area contributed by atoms with Crippen LogP contribution in [0.4, 0.5) is 5.69 Å². The molecule has 118 valence electrons. The number of hydrogen-bond donors (Lipinski definition) is 2. The van der Waals surface area contributed by atoms with Crippen LogP contribution in [0.25, 0.3) is 0 Å². The Hall–Kier alpha value is -1.52. The number of unbranched alkanes of at least 4 members (excludes halogenated alkanes) is 3. The van der Waals surface area contributed by atoms with E-state index in [2.05, 4.69) is 11.9 Å². The first-order valence-electron chi connectivity index (χ1n) is 7.10. The molecule has 1 rings (SSSR count). The number of carbonyl (C=O) groups is 1. The highest BCUT2D eigenvalue weighted by Crippen LogP contribution is 2.17. The molecule has 0 aliphatic rings. The number of hydrogen-bond acceptors (Lipinski definition) is 3. The zero-order valence-electron chi connectivity index (χ0n) is 12.3. The molecule has 4 nitrogen and oxygen atoms in total. The van der Waals surface area contributed by atoms with Crippen LogP contribution in [0.1, 0.15) is 32.1 Å². The number of anilines is 1. The molecule has 0 aliphatic heterocycles. The SMILES string of the molecule is C=CCOc1cccc(NC(=O)CCCCCCN)c1.Cl. The summed E-state index contributed by atoms with van der Waals surface area (Å²) in [4.78, 5) is 11.8. The zero-order chi connectivity index (χ0) is 14.6. The summed E-state index contributed by atoms with van der Waals surface area (Å²) in [5.74, 6) is 0.768. The van der Waals surface area contributed by atoms with E-state index in [4.69, 9.17) is 10.5 Å². The third-order valence-electron chi connectivity index (χ3n) is 2.84. The van der Waals surface area contributed by atoms with Crippen molar-refractivity contribution in [2.45, 2.75) is 32.1 Å². The van der Waals surface area contributed by atoms with Crippen molar-refractivity contribution in [1.82, 2.24) is 0 Å². The zero-order valence-corrected chi connectivity index (χ0v) is 13.2. The van der Waals surface area contributed by atoms with Gasteiger partial charge in [-0.2, -0.15) is 0 Å². The van der Waals surface area contributed by atoms with Gasteiger partial charge in [0.25, 0.3) is 0 Å². The number of carbonyl (C=O) groups excluding carboxylic acids is 1. The number of halogens is 1. The second-order valence-electron chi connectivity index (χ2n) is 4.63. The van der Waals surface area contributed by atoms with Crippen LogP contribution >= 0.6 is 12.4 Å². The first-order valence-corrected chi connectivity index (χ1v) is 7.10. The topological polar surface area (TPSA) is 64.3 Å². The number of nitrogens with one attached hydrogen (secondary N) is 1. The van der Waals surface area contributed by atoms with Gasteiger partial charge in [-0.05, 0) is 31.5 Å². The average Bonchev–Trinajstić information content (AvgIpc) is 2.45. The van der Waals surface area contributed by atoms with Crippen molar-refractivity contribution < 1.29 is 9.53 Å². The minimum Gasteiger partial charge on any atom is -0.489 e. The molecule has 0 radical (unpaired) electrons. The maximum atomic E-state index is 11.8. The van der Waals surface area contributed by atoms with Gasteiger partial charge in [0.2, 0.25) is 5.91 Å². The van der Waals surface area contributed by atoms with E-state index in [0.29, 0.717) is 13.0 Å². The lowest BCUT2D eigenvalue weighted by Crippen LogP contribution is -2.11. The van der Waals surface area contributed by atoms with Gasteiger partial charge in [-0.3, -0.25) is 4.79 Å². The average molecular weight is 313 g/mol. The summed E-state index contributed by atoms with van der Waals surface area (Å²) in [6.07, 6.45) is 6.31. The lowest BCUT2D eigenvalue weighted by molar-refractivity contribution is -0.116. The second kappa shape index (κ2) is 12.2. The predicted molar refractivity (Wildman–Crippen MR) is 90.2 cm³/mol. The highest BCUT2D eigenvalue weighted by atomic mass is 35.5. The summed E-state index contributed by atoms with van der Waals surface area (Å²) in [6, 6.07) is 7.38. The first-order chi connectivity index (χ1) is 9.76. The molecule has 3 N–H and O–H groups in total. The van der Waals surface area contributed by atoms with Crippen LogP contribution < -0.4 is 15.8 Å². The van der Waals surface area contributed by atoms with Gasteiger partial charge in [0, 0.05) is 18.2 Å². The second-order valence-corrected chi connectivity index (χ2v) is 4.63. The fourth-order valence-corrected chi connectivity index (χ4v) is 1.83. The monoisotopic (exact) mass is 312 g/mol. The van der Waals surface area contributed by atoms with Crippen molar-refractivity contribution in [1.29, 1.82) is 0 Å². The molecule has 0 atom stereocenters. The Labute approximate surface area is 133 Å². The highest BCUT2D eigenvalue weighted by Gasteiger charge is 2.03. The molecule has 1 aromatic carbocycles. The third-order valence-corrected chi connectivity index (χ3v) is 2.84. The van der Waals surface area contributed by atoms with Crippen molar-refractivity contribution in [2.75, 3.05) is 18.5 Å². The smallest absolute Gasteiger partial charge is 0.224 e. The summed E-state index contributed by atoms with van der Waals surface area (Å²) in [5, 5.41) is 2.88. The fraction of sp³-hybridized carbons (Fsp3) is 0.438. The summed E-state index contributed by atoms with van der Waals surface area (Å²) < 4.78 is 5.42. The fourth-order valence-electron chi connectivity index (χ4n) is 1.83. The quantitative estimate of drug-likeness (QED) is 0.513. The van der Waals surface area contributed by atoms with E-state index in [0.717, 1.165) is 43.7 Å². The van der Waals surface area contributed by atoms with Gasteiger partial charge >= 0.3 is 0 Å². The molecular weight excluding hydrogens is 288 g/mol. The van der Waals surface area contributed by atoms with Crippen LogP contribution in [0, 0.1) is 0 Å². The molecule has 5 heteroatoms. The predicted octanol–water partition coefficient (Wildman–Crippen LogP) is 3.52. The molecule has 0 heterocycles. The summed E-state index contributed by atoms with van der Waals surface area (Å²) in [6.45, 7) is 4.78. The van der Waals surface area contributed by atoms with Crippen molar-refractivity contribution in [3.63, 3.8) is 0 Å². The van der Waals surface area contributed by atoms with Crippen molar-refractivity contribution in [3.8, 4) is 5.75 Å². The van der Waals surface area contributed by atoms with E-state index in [1.807, 2.05) is 24.3 Å². The summed E-state index contributed by atoms with van der Waals surface area (Å²) in [7, 11) is 0. The van der Waals surface area contributed by atoms with Gasteiger partial charge in [-0.25, -0.2) is 0 Å². The van der Waals surface area contributed by atoms with Gasteiger partial charge in [0.05, 0.1) is 0 Å². The van der Waals surface area contributed by atoms with E-state index < -0.39 is 0 Å². The Morgan fingerprint density at radius 1 is 1.29 bits per heavy atom. The number of benzene rings is 1. The molecule has 0 spiro atoms. The van der Waals surface area contributed by atoms with E-state index in [-0.39, 0.29) is 18.3 Å². The van der Waals surface area contributed by atoms with E-state index in [9.17, 15) is 4.79 Å². The summed E-state index contributed by atoms with van der Waals surface area (Å²) >= 11 is 0. The highest BCUT2D eigenvalue weighted by molar-refractivity contribution is 5.90. The first kappa shape index (κ1) is 19.5. The number of rotatable bonds is 10. The largest absolute Gasteiger partial charge is 0.489 e. The third kappa shape index (κ3) is 9.10. The van der Waals surface area contributed by atoms with Crippen molar-refractivity contribution >= 4 is 24.0 Å². The van der Waals surface area contributed by atoms with Gasteiger partial charge in [-0.1, -0.05) is 31.6 Å². The Kier molecular flexibility index (Phi) is 11.4. The van der Waals surface area contributed by atoms with Crippen LogP contribution in [0.3, 0.4) is 0 Å². The van der Waals surface area contributed by atoms with Gasteiger partial charge < -0.3 is 15.8 Å². The Morgan fingerprint density at radius 2 is 2.05 bits per heavy atom. The standard InChI is InChI=1S/C16H24N2O2.ClH/c1-2-12-20-15-9-7-8-14(13-15)18-16(19)10-5-3-4-6-11-17;/h2,7-9,13H,1,3-6,10-12,17H2,(H,18,19);1H. The molecule has 0 bridgehead atoms. The Balaban J connectivity index is 0.00000400. The Morgan fingerprint density at radius 3 is 2.76 bits per heavy atom. The van der Waals surface area contributed by atoms with Gasteiger partial charge in [-0.15, -0.1) is 12.4 Å². The normalized spacial score (nSPS) is 9.57. The maximum absolute atomic E-state index is 11.8. The molecule has 0 saturated heterocycles. The maximum Gasteiger partial charge on any atom is 0.224 e. The van der Waals surface area contributed by atoms with Crippen LogP contribution in [-0.2, 0) is 4.79 Å². The van der Waals surface area contributed by atoms with Crippen LogP contribution in [0.15, 0.2) is 36.9 Å². The molecule has 0 unspecified atom stereocenters. The number of ether oxygens (including phenoxy) is 1. The molecule has 0 aliphatic carbocycles. The van der Waals surface area contributed by atoms with Crippen molar-refractivity contribution in [2.24, 2.45) is 5.73 Å². The molecule has 21 heavy (non-hydrogen) atoms. The lowest BCUT2D eigenvalue weighted by atomic mass is 10.1. The number of amides is 1. The molecule has 0 saturated carbocycles. The summed E-state index contributed by atoms with van der Waals surface area (Å²) in [5.41, 5.74) is 6.19. The molecule has 0 fully saturated rings. The van der Waals surface area contributed by atoms with Gasteiger partial charge in [0.15, 0.2) is 0 Å². The van der Waals surface area contributed by atoms with E-state index in [1.165, 1.54) is 0 Å². The van der Waals surface area contributed by atoms with Gasteiger partial charge in [0.1, 0.15) is 12.4 Å². The van der Waals surface area contributed by atoms with Crippen molar-refractivity contribution in [3.05, 3.63) is 36.9 Å². The van der Waals surface area contributed by atoms with E-state index in [1.54, 1.807) is 6.08 Å². The minimum absolute atomic E-state index is 0. The molecule has 0 aromatic heterocycles. The van der Waals surface area contributed by atoms with E-state index >= 15 is 0 Å². The Bertz CT molecular complexity index is 424. The van der Waals surface area contributed by atoms with Crippen LogP contribution in [-0.4, -0.2) is 19.1 Å². The molecule has 1 amide bonds. The van der Waals surface area contributed by atoms with Crippen LogP contribution in [0.2, 0.25) is 0 Å². The van der Waals surface area contributed by atoms with Crippen LogP contribution in [0.5, 0.6) is 5.75 Å². The lowest BCUT2D eigenvalue weighted by Gasteiger charge is -2.08. The molecular formula is C16H25ClN2O2. The molecule has 1 aromatic rings. The number of nitrogens with two attached hydrogens (primary N) is 1.